The number of hydrogen-bond donors (Lipinski definition) is 2. The fraction of sp³-hybridized carbons (Fsp3) is 0.450. The molecule has 2 unspecified atom stereocenters. The van der Waals surface area contributed by atoms with Gasteiger partial charge in [-0.15, -0.1) is 23.7 Å². The number of nitrogens with zero attached hydrogens (tertiary/aromatic N) is 1. The third kappa shape index (κ3) is 5.30. The highest BCUT2D eigenvalue weighted by Crippen LogP contribution is 2.29. The summed E-state index contributed by atoms with van der Waals surface area (Å²) in [5, 5.41) is 5.27. The molecule has 1 aromatic carbocycles. The summed E-state index contributed by atoms with van der Waals surface area (Å²) in [4.78, 5) is 16.1. The number of thiophene rings is 1. The van der Waals surface area contributed by atoms with Gasteiger partial charge in [0.25, 0.3) is 0 Å². The van der Waals surface area contributed by atoms with Gasteiger partial charge in [0.15, 0.2) is 0 Å². The number of carbonyl (C=O) groups excluding carboxylic acids is 1. The van der Waals surface area contributed by atoms with Gasteiger partial charge in [0.2, 0.25) is 5.91 Å². The number of likely N-dealkylation sites (tertiary alicyclic amines) is 1. The highest BCUT2D eigenvalue weighted by molar-refractivity contribution is 7.10. The van der Waals surface area contributed by atoms with Gasteiger partial charge in [-0.2, -0.15) is 0 Å². The molecular formula is C20H28ClN3OS. The van der Waals surface area contributed by atoms with Crippen LogP contribution in [-0.2, 0) is 4.79 Å². The average molecular weight is 394 g/mol. The summed E-state index contributed by atoms with van der Waals surface area (Å²) in [6.45, 7) is 5.77. The van der Waals surface area contributed by atoms with Gasteiger partial charge in [0.05, 0.1) is 6.04 Å². The van der Waals surface area contributed by atoms with Crippen LogP contribution in [0.2, 0.25) is 0 Å². The van der Waals surface area contributed by atoms with Crippen LogP contribution in [0.1, 0.15) is 36.2 Å². The Labute approximate surface area is 166 Å². The van der Waals surface area contributed by atoms with Gasteiger partial charge in [-0.25, -0.2) is 0 Å². The molecule has 2 atom stereocenters. The first-order valence-electron chi connectivity index (χ1n) is 8.90. The number of nitrogens with one attached hydrogen (secondary N) is 1. The smallest absolute Gasteiger partial charge is 0.222 e. The van der Waals surface area contributed by atoms with Crippen molar-refractivity contribution < 1.29 is 4.79 Å². The molecule has 0 aliphatic carbocycles. The van der Waals surface area contributed by atoms with E-state index in [1.807, 2.05) is 24.3 Å². The van der Waals surface area contributed by atoms with Gasteiger partial charge in [0.1, 0.15) is 0 Å². The third-order valence-corrected chi connectivity index (χ3v) is 5.99. The average Bonchev–Trinajstić information content (AvgIpc) is 3.29. The lowest BCUT2D eigenvalue weighted by atomic mass is 9.90. The van der Waals surface area contributed by atoms with Crippen molar-refractivity contribution in [3.8, 4) is 0 Å². The lowest BCUT2D eigenvalue weighted by Gasteiger charge is -2.23. The van der Waals surface area contributed by atoms with Crippen LogP contribution < -0.4 is 11.1 Å². The summed E-state index contributed by atoms with van der Waals surface area (Å²) < 4.78 is 0. The minimum absolute atomic E-state index is 0. The standard InChI is InChI=1S/C20H27N3OS.ClH/c1-20(14-21)10-12-23(15-20)11-9-18(24)22-19(17-8-5-13-25-17)16-6-3-2-4-7-16;/h2-8,13,19H,9-12,14-15,21H2,1H3,(H,22,24);1H. The van der Waals surface area contributed by atoms with E-state index in [1.165, 1.54) is 0 Å². The van der Waals surface area contributed by atoms with Gasteiger partial charge in [-0.3, -0.25) is 4.79 Å². The second-order valence-corrected chi connectivity index (χ2v) is 8.20. The SMILES string of the molecule is CC1(CN)CCN(CCC(=O)NC(c2ccccc2)c2cccs2)C1.Cl. The first-order chi connectivity index (χ1) is 12.1. The Kier molecular flexibility index (Phi) is 7.65. The van der Waals surface area contributed by atoms with Crippen LogP contribution >= 0.6 is 23.7 Å². The van der Waals surface area contributed by atoms with Crippen molar-refractivity contribution in [1.82, 2.24) is 10.2 Å². The van der Waals surface area contributed by atoms with Crippen LogP contribution in [0, 0.1) is 5.41 Å². The predicted molar refractivity (Wildman–Crippen MR) is 111 cm³/mol. The number of benzene rings is 1. The molecule has 0 saturated carbocycles. The molecule has 0 radical (unpaired) electrons. The van der Waals surface area contributed by atoms with Gasteiger partial charge < -0.3 is 16.0 Å². The molecule has 2 heterocycles. The van der Waals surface area contributed by atoms with Gasteiger partial charge in [0, 0.05) is 24.4 Å². The first kappa shape index (κ1) is 20.9. The Morgan fingerprint density at radius 2 is 2.08 bits per heavy atom. The van der Waals surface area contributed by atoms with Crippen LogP contribution in [0.15, 0.2) is 47.8 Å². The van der Waals surface area contributed by atoms with Crippen molar-refractivity contribution in [3.63, 3.8) is 0 Å². The number of hydrogen-bond acceptors (Lipinski definition) is 4. The molecule has 4 nitrogen and oxygen atoms in total. The van der Waals surface area contributed by atoms with E-state index in [0.717, 1.165) is 36.5 Å². The van der Waals surface area contributed by atoms with Crippen molar-refractivity contribution in [2.45, 2.75) is 25.8 Å². The topological polar surface area (TPSA) is 58.4 Å². The molecule has 1 aromatic heterocycles. The van der Waals surface area contributed by atoms with Crippen molar-refractivity contribution in [2.24, 2.45) is 11.1 Å². The zero-order chi connectivity index (χ0) is 17.7. The van der Waals surface area contributed by atoms with E-state index >= 15 is 0 Å². The predicted octanol–water partition coefficient (Wildman–Crippen LogP) is 3.44. The van der Waals surface area contributed by atoms with Gasteiger partial charge in [-0.1, -0.05) is 43.3 Å². The normalized spacial score (nSPS) is 21.2. The molecule has 1 aliphatic rings. The fourth-order valence-electron chi connectivity index (χ4n) is 3.40. The van der Waals surface area contributed by atoms with Crippen molar-refractivity contribution >= 4 is 29.7 Å². The number of nitrogens with two attached hydrogens (primary N) is 1. The molecule has 2 aromatic rings. The molecule has 0 bridgehead atoms. The molecule has 26 heavy (non-hydrogen) atoms. The molecule has 6 heteroatoms. The number of rotatable bonds is 7. The molecular weight excluding hydrogens is 366 g/mol. The summed E-state index contributed by atoms with van der Waals surface area (Å²) >= 11 is 1.67. The Balaban J connectivity index is 0.00000243. The summed E-state index contributed by atoms with van der Waals surface area (Å²) in [5.74, 6) is 0.101. The minimum Gasteiger partial charge on any atom is -0.344 e. The monoisotopic (exact) mass is 393 g/mol. The van der Waals surface area contributed by atoms with Gasteiger partial charge in [-0.05, 0) is 41.9 Å². The van der Waals surface area contributed by atoms with E-state index in [-0.39, 0.29) is 29.8 Å². The lowest BCUT2D eigenvalue weighted by molar-refractivity contribution is -0.121. The van der Waals surface area contributed by atoms with E-state index < -0.39 is 0 Å². The molecule has 142 valence electrons. The fourth-order valence-corrected chi connectivity index (χ4v) is 4.20. The third-order valence-electron chi connectivity index (χ3n) is 5.05. The van der Waals surface area contributed by atoms with Crippen molar-refractivity contribution in [2.75, 3.05) is 26.2 Å². The molecule has 3 N–H and O–H groups in total. The molecule has 1 fully saturated rings. The second-order valence-electron chi connectivity index (χ2n) is 7.22. The van der Waals surface area contributed by atoms with E-state index in [9.17, 15) is 4.79 Å². The molecule has 0 spiro atoms. The summed E-state index contributed by atoms with van der Waals surface area (Å²) in [6, 6.07) is 14.2. The van der Waals surface area contributed by atoms with Crippen LogP contribution in [0.25, 0.3) is 0 Å². The van der Waals surface area contributed by atoms with E-state index in [1.54, 1.807) is 11.3 Å². The maximum Gasteiger partial charge on any atom is 0.222 e. The maximum absolute atomic E-state index is 12.6. The second kappa shape index (κ2) is 9.51. The number of carbonyl (C=O) groups is 1. The minimum atomic E-state index is -0.0680. The highest BCUT2D eigenvalue weighted by Gasteiger charge is 2.32. The number of halogens is 1. The Bertz CT molecular complexity index is 680. The van der Waals surface area contributed by atoms with Crippen LogP contribution in [0.4, 0.5) is 0 Å². The first-order valence-corrected chi connectivity index (χ1v) is 9.78. The Morgan fingerprint density at radius 3 is 2.69 bits per heavy atom. The highest BCUT2D eigenvalue weighted by atomic mass is 35.5. The van der Waals surface area contributed by atoms with E-state index in [2.05, 4.69) is 40.7 Å². The van der Waals surface area contributed by atoms with Crippen molar-refractivity contribution in [3.05, 3.63) is 58.3 Å². The molecule has 1 amide bonds. The van der Waals surface area contributed by atoms with Crippen LogP contribution in [0.5, 0.6) is 0 Å². The van der Waals surface area contributed by atoms with Crippen LogP contribution in [0.3, 0.4) is 0 Å². The summed E-state index contributed by atoms with van der Waals surface area (Å²) in [5.41, 5.74) is 7.19. The van der Waals surface area contributed by atoms with Crippen molar-refractivity contribution in [1.29, 1.82) is 0 Å². The lowest BCUT2D eigenvalue weighted by Crippen LogP contribution is -2.34. The Hall–Kier alpha value is -1.40. The maximum atomic E-state index is 12.6. The van der Waals surface area contributed by atoms with E-state index in [0.29, 0.717) is 13.0 Å². The van der Waals surface area contributed by atoms with Gasteiger partial charge >= 0.3 is 0 Å². The summed E-state index contributed by atoms with van der Waals surface area (Å²) in [7, 11) is 0. The number of amides is 1. The molecule has 3 rings (SSSR count). The summed E-state index contributed by atoms with van der Waals surface area (Å²) in [6.07, 6.45) is 1.64. The zero-order valence-electron chi connectivity index (χ0n) is 15.2. The molecule has 1 aliphatic heterocycles. The largest absolute Gasteiger partial charge is 0.344 e. The Morgan fingerprint density at radius 1 is 1.31 bits per heavy atom. The molecule has 1 saturated heterocycles. The van der Waals surface area contributed by atoms with E-state index in [4.69, 9.17) is 5.73 Å². The van der Waals surface area contributed by atoms with Crippen LogP contribution in [-0.4, -0.2) is 37.0 Å². The zero-order valence-corrected chi connectivity index (χ0v) is 16.8. The quantitative estimate of drug-likeness (QED) is 0.757.